The first kappa shape index (κ1) is 14.4. The molecule has 0 saturated heterocycles. The maximum absolute atomic E-state index is 11.9. The second kappa shape index (κ2) is 6.95. The molecule has 6 heteroatoms. The molecule has 0 aliphatic rings. The summed E-state index contributed by atoms with van der Waals surface area (Å²) < 4.78 is 0. The molecule has 0 saturated carbocycles. The minimum absolute atomic E-state index is 0.0145. The van der Waals surface area contributed by atoms with E-state index in [1.165, 1.54) is 18.2 Å². The van der Waals surface area contributed by atoms with Crippen molar-refractivity contribution in [3.8, 4) is 0 Å². The van der Waals surface area contributed by atoms with Gasteiger partial charge in [-0.25, -0.2) is 5.43 Å². The average Bonchev–Trinajstić information content (AvgIpc) is 2.52. The van der Waals surface area contributed by atoms with E-state index in [1.807, 2.05) is 30.3 Å². The van der Waals surface area contributed by atoms with Gasteiger partial charge in [-0.05, 0) is 11.6 Å². The van der Waals surface area contributed by atoms with Crippen LogP contribution in [0.3, 0.4) is 0 Å². The van der Waals surface area contributed by atoms with E-state index in [0.29, 0.717) is 6.42 Å². The van der Waals surface area contributed by atoms with Gasteiger partial charge in [0.15, 0.2) is 0 Å². The number of nitro benzene ring substituents is 1. The quantitative estimate of drug-likeness (QED) is 0.520. The molecule has 0 heterocycles. The Kier molecular flexibility index (Phi) is 4.76. The molecule has 0 spiro atoms. The molecule has 21 heavy (non-hydrogen) atoms. The van der Waals surface area contributed by atoms with Crippen LogP contribution in [0.5, 0.6) is 0 Å². The van der Waals surface area contributed by atoms with Crippen LogP contribution in [0.4, 0.5) is 5.69 Å². The topological polar surface area (TPSA) is 84.6 Å². The molecule has 2 rings (SSSR count). The van der Waals surface area contributed by atoms with Crippen molar-refractivity contribution < 1.29 is 9.72 Å². The van der Waals surface area contributed by atoms with Crippen molar-refractivity contribution >= 4 is 17.8 Å². The molecule has 106 valence electrons. The largest absolute Gasteiger partial charge is 0.282 e. The van der Waals surface area contributed by atoms with E-state index < -0.39 is 10.8 Å². The van der Waals surface area contributed by atoms with Gasteiger partial charge in [0.2, 0.25) is 0 Å². The lowest BCUT2D eigenvalue weighted by atomic mass is 10.2. The highest BCUT2D eigenvalue weighted by Crippen LogP contribution is 2.17. The summed E-state index contributed by atoms with van der Waals surface area (Å²) in [6, 6.07) is 15.4. The van der Waals surface area contributed by atoms with Gasteiger partial charge in [0.05, 0.1) is 4.92 Å². The van der Waals surface area contributed by atoms with E-state index in [2.05, 4.69) is 10.5 Å². The van der Waals surface area contributed by atoms with E-state index in [1.54, 1.807) is 12.3 Å². The van der Waals surface area contributed by atoms with E-state index in [4.69, 9.17) is 0 Å². The lowest BCUT2D eigenvalue weighted by Gasteiger charge is -2.01. The highest BCUT2D eigenvalue weighted by atomic mass is 16.6. The average molecular weight is 283 g/mol. The summed E-state index contributed by atoms with van der Waals surface area (Å²) in [7, 11) is 0. The maximum atomic E-state index is 11.9. The standard InChI is InChI=1S/C15H13N3O3/c19-15(13-8-4-5-9-14(13)18(20)21)17-16-11-10-12-6-2-1-3-7-12/h1-9,11H,10H2,(H,17,19)/b16-11+. The van der Waals surface area contributed by atoms with Crippen LogP contribution in [0.25, 0.3) is 0 Å². The first-order chi connectivity index (χ1) is 10.2. The van der Waals surface area contributed by atoms with Crippen LogP contribution in [-0.2, 0) is 6.42 Å². The summed E-state index contributed by atoms with van der Waals surface area (Å²) in [6.07, 6.45) is 2.11. The van der Waals surface area contributed by atoms with Crippen LogP contribution >= 0.6 is 0 Å². The molecule has 0 aromatic heterocycles. The molecular formula is C15H13N3O3. The van der Waals surface area contributed by atoms with Gasteiger partial charge in [-0.2, -0.15) is 5.10 Å². The molecule has 6 nitrogen and oxygen atoms in total. The van der Waals surface area contributed by atoms with E-state index in [0.717, 1.165) is 5.56 Å². The van der Waals surface area contributed by atoms with Crippen molar-refractivity contribution in [3.63, 3.8) is 0 Å². The fraction of sp³-hybridized carbons (Fsp3) is 0.0667. The van der Waals surface area contributed by atoms with Gasteiger partial charge >= 0.3 is 0 Å². The smallest absolute Gasteiger partial charge is 0.267 e. The summed E-state index contributed by atoms with van der Waals surface area (Å²) in [5, 5.41) is 14.6. The monoisotopic (exact) mass is 283 g/mol. The highest BCUT2D eigenvalue weighted by molar-refractivity contribution is 5.98. The zero-order valence-electron chi connectivity index (χ0n) is 11.1. The second-order valence-corrected chi connectivity index (χ2v) is 4.22. The zero-order chi connectivity index (χ0) is 15.1. The molecule has 0 fully saturated rings. The third-order valence-corrected chi connectivity index (χ3v) is 2.77. The predicted molar refractivity (Wildman–Crippen MR) is 79.2 cm³/mol. The lowest BCUT2D eigenvalue weighted by molar-refractivity contribution is -0.385. The summed E-state index contributed by atoms with van der Waals surface area (Å²) >= 11 is 0. The van der Waals surface area contributed by atoms with Crippen molar-refractivity contribution in [1.29, 1.82) is 0 Å². The summed E-state index contributed by atoms with van der Waals surface area (Å²) in [5.41, 5.74) is 3.09. The van der Waals surface area contributed by atoms with Gasteiger partial charge in [-0.3, -0.25) is 14.9 Å². The number of nitrogens with zero attached hydrogens (tertiary/aromatic N) is 2. The van der Waals surface area contributed by atoms with Crippen LogP contribution in [0.15, 0.2) is 59.7 Å². The van der Waals surface area contributed by atoms with Crippen molar-refractivity contribution in [2.45, 2.75) is 6.42 Å². The van der Waals surface area contributed by atoms with Gasteiger partial charge in [-0.15, -0.1) is 0 Å². The molecule has 0 aliphatic heterocycles. The number of nitro groups is 1. The van der Waals surface area contributed by atoms with Gasteiger partial charge < -0.3 is 0 Å². The Morgan fingerprint density at radius 2 is 1.81 bits per heavy atom. The minimum Gasteiger partial charge on any atom is -0.267 e. The van der Waals surface area contributed by atoms with Crippen LogP contribution < -0.4 is 5.43 Å². The Morgan fingerprint density at radius 1 is 1.14 bits per heavy atom. The highest BCUT2D eigenvalue weighted by Gasteiger charge is 2.18. The van der Waals surface area contributed by atoms with Crippen LogP contribution in [0.2, 0.25) is 0 Å². The van der Waals surface area contributed by atoms with Crippen LogP contribution in [-0.4, -0.2) is 17.0 Å². The number of carbonyl (C=O) groups is 1. The number of hydrogen-bond donors (Lipinski definition) is 1. The summed E-state index contributed by atoms with van der Waals surface area (Å²) in [5.74, 6) is -0.605. The number of amides is 1. The molecule has 0 unspecified atom stereocenters. The van der Waals surface area contributed by atoms with E-state index in [9.17, 15) is 14.9 Å². The molecule has 2 aromatic carbocycles. The van der Waals surface area contributed by atoms with Gasteiger partial charge in [-0.1, -0.05) is 42.5 Å². The van der Waals surface area contributed by atoms with Gasteiger partial charge in [0.25, 0.3) is 11.6 Å². The van der Waals surface area contributed by atoms with Crippen LogP contribution in [0, 0.1) is 10.1 Å². The Labute approximate surface area is 121 Å². The first-order valence-corrected chi connectivity index (χ1v) is 6.27. The number of nitrogens with one attached hydrogen (secondary N) is 1. The zero-order valence-corrected chi connectivity index (χ0v) is 11.1. The summed E-state index contributed by atoms with van der Waals surface area (Å²) in [6.45, 7) is 0. The van der Waals surface area contributed by atoms with E-state index in [-0.39, 0.29) is 11.3 Å². The molecule has 0 aliphatic carbocycles. The number of hydrazone groups is 1. The molecule has 2 aromatic rings. The Balaban J connectivity index is 1.98. The van der Waals surface area contributed by atoms with Crippen molar-refractivity contribution in [2.24, 2.45) is 5.10 Å². The minimum atomic E-state index is -0.605. The molecule has 0 radical (unpaired) electrons. The van der Waals surface area contributed by atoms with Crippen molar-refractivity contribution in [1.82, 2.24) is 5.43 Å². The molecule has 0 atom stereocenters. The third kappa shape index (κ3) is 3.97. The van der Waals surface area contributed by atoms with Gasteiger partial charge in [0, 0.05) is 18.7 Å². The van der Waals surface area contributed by atoms with Gasteiger partial charge in [0.1, 0.15) is 5.56 Å². The Morgan fingerprint density at radius 3 is 2.52 bits per heavy atom. The number of para-hydroxylation sites is 1. The second-order valence-electron chi connectivity index (χ2n) is 4.22. The van der Waals surface area contributed by atoms with E-state index >= 15 is 0 Å². The predicted octanol–water partition coefficient (Wildman–Crippen LogP) is 2.55. The summed E-state index contributed by atoms with van der Waals surface area (Å²) in [4.78, 5) is 22.1. The third-order valence-electron chi connectivity index (χ3n) is 2.77. The molecule has 0 bridgehead atoms. The first-order valence-electron chi connectivity index (χ1n) is 6.27. The lowest BCUT2D eigenvalue weighted by Crippen LogP contribution is -2.19. The Bertz CT molecular complexity index is 669. The normalized spacial score (nSPS) is 10.5. The molecule has 1 amide bonds. The number of benzene rings is 2. The molecule has 1 N–H and O–H groups in total. The maximum Gasteiger partial charge on any atom is 0.282 e. The van der Waals surface area contributed by atoms with Crippen molar-refractivity contribution in [2.75, 3.05) is 0 Å². The van der Waals surface area contributed by atoms with Crippen LogP contribution in [0.1, 0.15) is 15.9 Å². The fourth-order valence-electron chi connectivity index (χ4n) is 1.75. The Hall–Kier alpha value is -3.02. The van der Waals surface area contributed by atoms with Crippen molar-refractivity contribution in [3.05, 3.63) is 75.8 Å². The SMILES string of the molecule is O=C(N/N=C/Cc1ccccc1)c1ccccc1[N+](=O)[O-]. The number of carbonyl (C=O) groups excluding carboxylic acids is 1. The number of rotatable bonds is 5. The molecular weight excluding hydrogens is 270 g/mol. The number of hydrogen-bond acceptors (Lipinski definition) is 4. The fourth-order valence-corrected chi connectivity index (χ4v) is 1.75.